The summed E-state index contributed by atoms with van der Waals surface area (Å²) in [5, 5.41) is 0. The van der Waals surface area contributed by atoms with Crippen LogP contribution in [-0.4, -0.2) is 11.8 Å². The predicted molar refractivity (Wildman–Crippen MR) is 86.6 cm³/mol. The third kappa shape index (κ3) is 5.34. The Morgan fingerprint density at radius 2 is 1.44 bits per heavy atom. The number of halogens is 3. The van der Waals surface area contributed by atoms with Crippen LogP contribution in [0.2, 0.25) is 0 Å². The molecular weight excluding hydrogens is 333 g/mol. The number of hydrazine groups is 1. The average molecular weight is 350 g/mol. The van der Waals surface area contributed by atoms with E-state index in [0.29, 0.717) is 11.1 Å². The fourth-order valence-corrected chi connectivity index (χ4v) is 2.13. The molecule has 2 rings (SSSR count). The van der Waals surface area contributed by atoms with Crippen LogP contribution in [0.25, 0.3) is 0 Å². The molecule has 0 aliphatic carbocycles. The van der Waals surface area contributed by atoms with Crippen molar-refractivity contribution < 1.29 is 22.8 Å². The predicted octanol–water partition coefficient (Wildman–Crippen LogP) is 3.27. The molecule has 4 nitrogen and oxygen atoms in total. The second-order valence-corrected chi connectivity index (χ2v) is 5.42. The highest BCUT2D eigenvalue weighted by Gasteiger charge is 2.29. The first-order valence-electron chi connectivity index (χ1n) is 7.64. The van der Waals surface area contributed by atoms with Crippen LogP contribution in [0.4, 0.5) is 13.2 Å². The van der Waals surface area contributed by atoms with Gasteiger partial charge in [0, 0.05) is 5.56 Å². The van der Waals surface area contributed by atoms with Gasteiger partial charge in [0.1, 0.15) is 0 Å². The number of nitrogens with one attached hydrogen (secondary N) is 2. The van der Waals surface area contributed by atoms with Crippen molar-refractivity contribution in [3.05, 3.63) is 70.8 Å². The monoisotopic (exact) mass is 350 g/mol. The summed E-state index contributed by atoms with van der Waals surface area (Å²) in [4.78, 5) is 23.7. The molecule has 0 unspecified atom stereocenters. The Hall–Kier alpha value is -2.83. The van der Waals surface area contributed by atoms with Crippen molar-refractivity contribution in [2.75, 3.05) is 0 Å². The third-order valence-corrected chi connectivity index (χ3v) is 3.59. The molecule has 25 heavy (non-hydrogen) atoms. The molecule has 0 heterocycles. The van der Waals surface area contributed by atoms with Crippen molar-refractivity contribution in [3.8, 4) is 0 Å². The highest BCUT2D eigenvalue weighted by molar-refractivity contribution is 5.95. The molecule has 0 bridgehead atoms. The zero-order valence-corrected chi connectivity index (χ0v) is 13.5. The topological polar surface area (TPSA) is 58.2 Å². The van der Waals surface area contributed by atoms with Gasteiger partial charge in [-0.2, -0.15) is 13.2 Å². The van der Waals surface area contributed by atoms with Gasteiger partial charge in [-0.25, -0.2) is 0 Å². The summed E-state index contributed by atoms with van der Waals surface area (Å²) in [5.41, 5.74) is 5.63. The Morgan fingerprint density at radius 3 is 1.96 bits per heavy atom. The molecule has 2 amide bonds. The smallest absolute Gasteiger partial charge is 0.273 e. The fourth-order valence-electron chi connectivity index (χ4n) is 2.13. The van der Waals surface area contributed by atoms with Crippen LogP contribution in [0.5, 0.6) is 0 Å². The number of amides is 2. The SMILES string of the molecule is CCc1ccc(C(=O)NNC(=O)Cc2ccc(C(F)(F)F)cc2)cc1. The van der Waals surface area contributed by atoms with Gasteiger partial charge < -0.3 is 0 Å². The Bertz CT molecular complexity index is 738. The van der Waals surface area contributed by atoms with E-state index in [1.165, 1.54) is 12.1 Å². The van der Waals surface area contributed by atoms with Crippen LogP contribution in [-0.2, 0) is 23.8 Å². The Balaban J connectivity index is 1.86. The lowest BCUT2D eigenvalue weighted by molar-refractivity contribution is -0.137. The average Bonchev–Trinajstić information content (AvgIpc) is 2.59. The molecule has 2 aromatic rings. The summed E-state index contributed by atoms with van der Waals surface area (Å²) in [7, 11) is 0. The maximum Gasteiger partial charge on any atom is 0.416 e. The maximum atomic E-state index is 12.5. The summed E-state index contributed by atoms with van der Waals surface area (Å²) >= 11 is 0. The molecule has 0 fully saturated rings. The lowest BCUT2D eigenvalue weighted by Gasteiger charge is -2.09. The molecule has 0 saturated heterocycles. The lowest BCUT2D eigenvalue weighted by Crippen LogP contribution is -2.42. The maximum absolute atomic E-state index is 12.5. The second-order valence-electron chi connectivity index (χ2n) is 5.42. The molecule has 0 aliphatic rings. The summed E-state index contributed by atoms with van der Waals surface area (Å²) < 4.78 is 37.4. The van der Waals surface area contributed by atoms with Gasteiger partial charge >= 0.3 is 6.18 Å². The van der Waals surface area contributed by atoms with Crippen LogP contribution in [0, 0.1) is 0 Å². The van der Waals surface area contributed by atoms with E-state index in [0.717, 1.165) is 24.1 Å². The van der Waals surface area contributed by atoms with Gasteiger partial charge in [0.15, 0.2) is 0 Å². The summed E-state index contributed by atoms with van der Waals surface area (Å²) in [6.07, 6.45) is -3.71. The number of rotatable bonds is 4. The van der Waals surface area contributed by atoms with Crippen molar-refractivity contribution in [2.24, 2.45) is 0 Å². The number of aryl methyl sites for hydroxylation is 1. The first-order valence-corrected chi connectivity index (χ1v) is 7.64. The molecule has 0 radical (unpaired) electrons. The lowest BCUT2D eigenvalue weighted by atomic mass is 10.1. The Labute approximate surface area is 143 Å². The van der Waals surface area contributed by atoms with E-state index in [4.69, 9.17) is 0 Å². The second kappa shape index (κ2) is 7.83. The fraction of sp³-hybridized carbons (Fsp3) is 0.222. The molecule has 0 atom stereocenters. The molecule has 2 aromatic carbocycles. The van der Waals surface area contributed by atoms with Gasteiger partial charge in [-0.05, 0) is 41.8 Å². The van der Waals surface area contributed by atoms with Gasteiger partial charge in [0.05, 0.1) is 12.0 Å². The quantitative estimate of drug-likeness (QED) is 0.832. The minimum absolute atomic E-state index is 0.146. The van der Waals surface area contributed by atoms with E-state index >= 15 is 0 Å². The van der Waals surface area contributed by atoms with Crippen molar-refractivity contribution in [1.29, 1.82) is 0 Å². The minimum Gasteiger partial charge on any atom is -0.273 e. The highest BCUT2D eigenvalue weighted by atomic mass is 19.4. The summed E-state index contributed by atoms with van der Waals surface area (Å²) in [5.74, 6) is -0.998. The zero-order valence-electron chi connectivity index (χ0n) is 13.5. The zero-order chi connectivity index (χ0) is 18.4. The van der Waals surface area contributed by atoms with Gasteiger partial charge in [0.25, 0.3) is 5.91 Å². The highest BCUT2D eigenvalue weighted by Crippen LogP contribution is 2.29. The van der Waals surface area contributed by atoms with Gasteiger partial charge in [-0.15, -0.1) is 0 Å². The standard InChI is InChI=1S/C18H17F3N2O2/c1-2-12-3-7-14(8-4-12)17(25)23-22-16(24)11-13-5-9-15(10-6-13)18(19,20)21/h3-10H,2,11H2,1H3,(H,22,24)(H,23,25). The van der Waals surface area contributed by atoms with E-state index in [1.807, 2.05) is 19.1 Å². The van der Waals surface area contributed by atoms with Crippen molar-refractivity contribution >= 4 is 11.8 Å². The Morgan fingerprint density at radius 1 is 0.880 bits per heavy atom. The number of benzene rings is 2. The van der Waals surface area contributed by atoms with E-state index in [-0.39, 0.29) is 6.42 Å². The summed E-state index contributed by atoms with van der Waals surface area (Å²) in [6.45, 7) is 2.00. The normalized spacial score (nSPS) is 11.0. The number of carbonyl (C=O) groups is 2. The minimum atomic E-state index is -4.41. The van der Waals surface area contributed by atoms with Crippen LogP contribution in [0.3, 0.4) is 0 Å². The molecular formula is C18H17F3N2O2. The van der Waals surface area contributed by atoms with Crippen LogP contribution in [0.1, 0.15) is 34.0 Å². The van der Waals surface area contributed by atoms with Gasteiger partial charge in [0.2, 0.25) is 5.91 Å². The molecule has 0 saturated carbocycles. The van der Waals surface area contributed by atoms with Crippen molar-refractivity contribution in [3.63, 3.8) is 0 Å². The molecule has 0 aromatic heterocycles. The number of alkyl halides is 3. The molecule has 0 aliphatic heterocycles. The number of carbonyl (C=O) groups excluding carboxylic acids is 2. The van der Waals surface area contributed by atoms with Crippen LogP contribution in [0.15, 0.2) is 48.5 Å². The van der Waals surface area contributed by atoms with E-state index in [9.17, 15) is 22.8 Å². The van der Waals surface area contributed by atoms with Crippen molar-refractivity contribution in [1.82, 2.24) is 10.9 Å². The number of hydrogen-bond acceptors (Lipinski definition) is 2. The summed E-state index contributed by atoms with van der Waals surface area (Å²) in [6, 6.07) is 11.2. The van der Waals surface area contributed by atoms with E-state index in [1.54, 1.807) is 12.1 Å². The molecule has 132 valence electrons. The first-order chi connectivity index (χ1) is 11.8. The largest absolute Gasteiger partial charge is 0.416 e. The number of hydrogen-bond donors (Lipinski definition) is 2. The van der Waals surface area contributed by atoms with Gasteiger partial charge in [-0.3, -0.25) is 20.4 Å². The Kier molecular flexibility index (Phi) is 5.80. The van der Waals surface area contributed by atoms with Crippen LogP contribution >= 0.6 is 0 Å². The van der Waals surface area contributed by atoms with Crippen molar-refractivity contribution in [2.45, 2.75) is 25.9 Å². The van der Waals surface area contributed by atoms with E-state index < -0.39 is 23.6 Å². The van der Waals surface area contributed by atoms with Gasteiger partial charge in [-0.1, -0.05) is 31.2 Å². The third-order valence-electron chi connectivity index (χ3n) is 3.59. The van der Waals surface area contributed by atoms with Crippen LogP contribution < -0.4 is 10.9 Å². The first kappa shape index (κ1) is 18.5. The van der Waals surface area contributed by atoms with E-state index in [2.05, 4.69) is 10.9 Å². The molecule has 7 heteroatoms. The molecule has 2 N–H and O–H groups in total. The molecule has 0 spiro atoms.